The molecule has 2 aromatic carbocycles. The summed E-state index contributed by atoms with van der Waals surface area (Å²) >= 11 is 12.7. The number of ether oxygens (including phenoxy) is 2. The number of para-hydroxylation sites is 1. The van der Waals surface area contributed by atoms with E-state index in [9.17, 15) is 18.8 Å². The number of likely N-dealkylation sites (N-methyl/N-ethyl adjacent to an activating group) is 1. The number of aromatic nitrogens is 1. The van der Waals surface area contributed by atoms with Gasteiger partial charge < -0.3 is 25.4 Å². The van der Waals surface area contributed by atoms with Crippen LogP contribution in [0.3, 0.4) is 0 Å². The quantitative estimate of drug-likeness (QED) is 0.377. The number of aliphatic imine (C=N–C) groups is 1. The minimum atomic E-state index is -1.49. The number of rotatable bonds is 8. The molecule has 3 aromatic rings. The number of halogens is 3. The van der Waals surface area contributed by atoms with Crippen LogP contribution in [0.5, 0.6) is 11.6 Å². The number of carbonyl (C=O) groups is 3. The van der Waals surface area contributed by atoms with Gasteiger partial charge in [0, 0.05) is 17.1 Å². The Morgan fingerprint density at radius 1 is 1.18 bits per heavy atom. The molecule has 0 saturated heterocycles. The summed E-state index contributed by atoms with van der Waals surface area (Å²) < 4.78 is 24.9. The molecule has 1 aromatic heterocycles. The third kappa shape index (κ3) is 6.27. The third-order valence-corrected chi connectivity index (χ3v) is 5.98. The number of anilines is 1. The van der Waals surface area contributed by atoms with E-state index in [2.05, 4.69) is 25.9 Å². The second-order valence-corrected chi connectivity index (χ2v) is 8.95. The van der Waals surface area contributed by atoms with E-state index in [-0.39, 0.29) is 27.9 Å². The fraction of sp³-hybridized carbons (Fsp3) is 0.192. The fourth-order valence-corrected chi connectivity index (χ4v) is 4.35. The van der Waals surface area contributed by atoms with Crippen molar-refractivity contribution in [3.05, 3.63) is 81.2 Å². The number of nitrogens with zero attached hydrogens (tertiary/aromatic N) is 2. The lowest BCUT2D eigenvalue weighted by molar-refractivity contribution is -0.123. The zero-order chi connectivity index (χ0) is 28.1. The van der Waals surface area contributed by atoms with E-state index in [0.29, 0.717) is 28.4 Å². The molecule has 0 fully saturated rings. The Kier molecular flexibility index (Phi) is 8.62. The molecule has 2 heterocycles. The van der Waals surface area contributed by atoms with Crippen molar-refractivity contribution in [3.8, 4) is 11.6 Å². The molecule has 1 atom stereocenters. The van der Waals surface area contributed by atoms with Crippen LogP contribution in [0, 0.1) is 5.82 Å². The molecule has 3 N–H and O–H groups in total. The molecule has 13 heteroatoms. The summed E-state index contributed by atoms with van der Waals surface area (Å²) in [5.41, 5.74) is 1.14. The maximum absolute atomic E-state index is 14.0. The van der Waals surface area contributed by atoms with E-state index in [1.54, 1.807) is 37.3 Å². The Hall–Kier alpha value is -4.22. The monoisotopic (exact) mass is 573 g/mol. The molecule has 1 unspecified atom stereocenters. The maximum Gasteiger partial charge on any atom is 0.269 e. The molecular formula is C26H22Cl2FN5O5. The van der Waals surface area contributed by atoms with Gasteiger partial charge in [0.2, 0.25) is 12.0 Å². The van der Waals surface area contributed by atoms with Crippen molar-refractivity contribution >= 4 is 52.3 Å². The molecule has 1 aliphatic rings. The Labute approximate surface area is 232 Å². The number of carbonyl (C=O) groups excluding carboxylic acids is 3. The molecule has 0 radical (unpaired) electrons. The van der Waals surface area contributed by atoms with Gasteiger partial charge in [0.15, 0.2) is 6.61 Å². The molecule has 1 aliphatic heterocycles. The molecule has 0 bridgehead atoms. The summed E-state index contributed by atoms with van der Waals surface area (Å²) in [5, 5.41) is 8.25. The summed E-state index contributed by atoms with van der Waals surface area (Å²) in [4.78, 5) is 46.5. The molecule has 202 valence electrons. The van der Waals surface area contributed by atoms with Crippen LogP contribution in [0.4, 0.5) is 10.1 Å². The Balaban J connectivity index is 1.74. The number of benzene rings is 2. The predicted octanol–water partition coefficient (Wildman–Crippen LogP) is 3.60. The summed E-state index contributed by atoms with van der Waals surface area (Å²) in [7, 11) is 1.43. The van der Waals surface area contributed by atoms with E-state index in [1.807, 2.05) is 0 Å². The van der Waals surface area contributed by atoms with Crippen molar-refractivity contribution in [2.45, 2.75) is 13.1 Å². The standard InChI is InChI=1S/C26H22Cl2FN5O5/c1-3-30-20(35)12-39-26-16(10-14(29)11-31-26)24(36)34-23-25(37)32-18-7-5-4-6-15(18)22(33-23)21-17(28)8-13(27)9-19(21)38-2/h4-11,23H,3,12H2,1-2H3,(H,30,35)(H,32,37)(H,34,36). The van der Waals surface area contributed by atoms with Gasteiger partial charge in [-0.1, -0.05) is 41.4 Å². The number of fused-ring (bicyclic) bond motifs is 1. The number of nitrogens with one attached hydrogen (secondary N) is 3. The first-order valence-electron chi connectivity index (χ1n) is 11.6. The lowest BCUT2D eigenvalue weighted by Crippen LogP contribution is -2.42. The summed E-state index contributed by atoms with van der Waals surface area (Å²) in [5.74, 6) is -2.90. The van der Waals surface area contributed by atoms with Crippen LogP contribution < -0.4 is 25.4 Å². The highest BCUT2D eigenvalue weighted by molar-refractivity contribution is 6.39. The predicted molar refractivity (Wildman–Crippen MR) is 143 cm³/mol. The van der Waals surface area contributed by atoms with Gasteiger partial charge in [-0.15, -0.1) is 0 Å². The van der Waals surface area contributed by atoms with Crippen molar-refractivity contribution in [3.63, 3.8) is 0 Å². The number of methoxy groups -OCH3 is 1. The number of hydrogen-bond donors (Lipinski definition) is 3. The van der Waals surface area contributed by atoms with Crippen molar-refractivity contribution in [2.75, 3.05) is 25.6 Å². The first-order valence-corrected chi connectivity index (χ1v) is 12.3. The summed E-state index contributed by atoms with van der Waals surface area (Å²) in [6, 6.07) is 10.7. The lowest BCUT2D eigenvalue weighted by atomic mass is 9.99. The molecule has 0 saturated carbocycles. The van der Waals surface area contributed by atoms with Gasteiger partial charge in [0.25, 0.3) is 17.7 Å². The Bertz CT molecular complexity index is 1480. The highest BCUT2D eigenvalue weighted by Gasteiger charge is 2.30. The Morgan fingerprint density at radius 3 is 2.69 bits per heavy atom. The lowest BCUT2D eigenvalue weighted by Gasteiger charge is -2.16. The topological polar surface area (TPSA) is 131 Å². The zero-order valence-corrected chi connectivity index (χ0v) is 22.2. The summed E-state index contributed by atoms with van der Waals surface area (Å²) in [6.07, 6.45) is -0.653. The highest BCUT2D eigenvalue weighted by Crippen LogP contribution is 2.35. The van der Waals surface area contributed by atoms with Crippen LogP contribution in [0.1, 0.15) is 28.4 Å². The van der Waals surface area contributed by atoms with Crippen molar-refractivity contribution in [1.29, 1.82) is 0 Å². The second kappa shape index (κ2) is 12.1. The SMILES string of the molecule is CCNC(=O)COc1ncc(F)cc1C(=O)NC1N=C(c2c(Cl)cc(Cl)cc2OC)c2ccccc2NC1=O. The van der Waals surface area contributed by atoms with Crippen molar-refractivity contribution in [2.24, 2.45) is 4.99 Å². The molecular weight excluding hydrogens is 552 g/mol. The van der Waals surface area contributed by atoms with Crippen molar-refractivity contribution < 1.29 is 28.2 Å². The number of pyridine rings is 1. The molecule has 4 rings (SSSR count). The zero-order valence-electron chi connectivity index (χ0n) is 20.7. The average Bonchev–Trinajstić information content (AvgIpc) is 3.03. The molecule has 0 spiro atoms. The van der Waals surface area contributed by atoms with Crippen LogP contribution >= 0.6 is 23.2 Å². The number of hydrogen-bond acceptors (Lipinski definition) is 7. The van der Waals surface area contributed by atoms with E-state index in [1.165, 1.54) is 13.2 Å². The molecule has 10 nitrogen and oxygen atoms in total. The minimum Gasteiger partial charge on any atom is -0.496 e. The molecule has 0 aliphatic carbocycles. The summed E-state index contributed by atoms with van der Waals surface area (Å²) in [6.45, 7) is 1.64. The first kappa shape index (κ1) is 27.8. The largest absolute Gasteiger partial charge is 0.496 e. The minimum absolute atomic E-state index is 0.197. The van der Waals surface area contributed by atoms with Gasteiger partial charge >= 0.3 is 0 Å². The smallest absolute Gasteiger partial charge is 0.269 e. The van der Waals surface area contributed by atoms with Gasteiger partial charge in [-0.05, 0) is 31.2 Å². The Morgan fingerprint density at radius 2 is 1.95 bits per heavy atom. The van der Waals surface area contributed by atoms with Gasteiger partial charge in [-0.25, -0.2) is 14.4 Å². The van der Waals surface area contributed by atoms with Crippen LogP contribution in [0.25, 0.3) is 0 Å². The van der Waals surface area contributed by atoms with Crippen LogP contribution in [-0.4, -0.2) is 54.8 Å². The first-order chi connectivity index (χ1) is 18.7. The molecule has 39 heavy (non-hydrogen) atoms. The normalized spacial score (nSPS) is 14.3. The van der Waals surface area contributed by atoms with Crippen LogP contribution in [0.2, 0.25) is 10.0 Å². The van der Waals surface area contributed by atoms with Gasteiger partial charge in [0.05, 0.1) is 35.3 Å². The maximum atomic E-state index is 14.0. The van der Waals surface area contributed by atoms with Gasteiger partial charge in [-0.3, -0.25) is 14.4 Å². The number of amides is 3. The number of benzodiazepines with no additional fused rings is 1. The van der Waals surface area contributed by atoms with Crippen LogP contribution in [-0.2, 0) is 9.59 Å². The fourth-order valence-electron chi connectivity index (χ4n) is 3.78. The van der Waals surface area contributed by atoms with Gasteiger partial charge in [-0.2, -0.15) is 0 Å². The average molecular weight is 574 g/mol. The van der Waals surface area contributed by atoms with Crippen molar-refractivity contribution in [1.82, 2.24) is 15.6 Å². The molecule has 3 amide bonds. The van der Waals surface area contributed by atoms with Crippen LogP contribution in [0.15, 0.2) is 53.7 Å². The van der Waals surface area contributed by atoms with E-state index < -0.39 is 36.3 Å². The van der Waals surface area contributed by atoms with E-state index in [0.717, 1.165) is 12.3 Å². The third-order valence-electron chi connectivity index (χ3n) is 5.47. The van der Waals surface area contributed by atoms with Gasteiger partial charge in [0.1, 0.15) is 17.1 Å². The van der Waals surface area contributed by atoms with E-state index >= 15 is 0 Å². The van der Waals surface area contributed by atoms with E-state index in [4.69, 9.17) is 32.7 Å². The highest BCUT2D eigenvalue weighted by atomic mass is 35.5. The second-order valence-electron chi connectivity index (χ2n) is 8.10.